The summed E-state index contributed by atoms with van der Waals surface area (Å²) in [5.74, 6) is 0. The molecule has 0 atom stereocenters. The number of aliphatic hydroxyl groups is 1. The third kappa shape index (κ3) is 18.1. The van der Waals surface area contributed by atoms with Crippen molar-refractivity contribution in [2.45, 2.75) is 32.6 Å². The fraction of sp³-hybridized carbons (Fsp3) is 1.00. The van der Waals surface area contributed by atoms with Gasteiger partial charge in [0.05, 0.1) is 0 Å². The Balaban J connectivity index is 0. The summed E-state index contributed by atoms with van der Waals surface area (Å²) in [6, 6.07) is 0. The Hall–Kier alpha value is -0.0800. The maximum absolute atomic E-state index is 8.29. The summed E-state index contributed by atoms with van der Waals surface area (Å²) in [4.78, 5) is 0. The average Bonchev–Trinajstić information content (AvgIpc) is 1.94. The van der Waals surface area contributed by atoms with Crippen LogP contribution in [0.5, 0.6) is 0 Å². The molecular formula is C7H19NO. The van der Waals surface area contributed by atoms with E-state index in [4.69, 9.17) is 5.11 Å². The predicted molar refractivity (Wildman–Crippen MR) is 41.3 cm³/mol. The molecule has 0 spiro atoms. The van der Waals surface area contributed by atoms with E-state index >= 15 is 0 Å². The van der Waals surface area contributed by atoms with E-state index in [1.807, 2.05) is 0 Å². The van der Waals surface area contributed by atoms with Gasteiger partial charge in [0.2, 0.25) is 0 Å². The first-order valence-corrected chi connectivity index (χ1v) is 3.60. The quantitative estimate of drug-likeness (QED) is 0.565. The summed E-state index contributed by atoms with van der Waals surface area (Å²) >= 11 is 0. The molecule has 3 N–H and O–H groups in total. The van der Waals surface area contributed by atoms with Gasteiger partial charge < -0.3 is 10.8 Å². The Bertz CT molecular complexity index is 28.1. The topological polar surface area (TPSA) is 46.2 Å². The molecule has 0 amide bonds. The van der Waals surface area contributed by atoms with Crippen LogP contribution in [0.4, 0.5) is 0 Å². The van der Waals surface area contributed by atoms with Gasteiger partial charge in [-0.25, -0.2) is 0 Å². The third-order valence-corrected chi connectivity index (χ3v) is 1.01. The molecule has 0 aliphatic heterocycles. The van der Waals surface area contributed by atoms with Gasteiger partial charge in [0.25, 0.3) is 0 Å². The lowest BCUT2D eigenvalue weighted by molar-refractivity contribution is 0.283. The first kappa shape index (κ1) is 11.7. The van der Waals surface area contributed by atoms with E-state index < -0.39 is 0 Å². The van der Waals surface area contributed by atoms with Crippen molar-refractivity contribution in [1.82, 2.24) is 0 Å². The number of nitrogens with two attached hydrogens (primary N) is 1. The zero-order valence-corrected chi connectivity index (χ0v) is 6.56. The van der Waals surface area contributed by atoms with Crippen LogP contribution in [0.3, 0.4) is 0 Å². The Morgan fingerprint density at radius 1 is 1.11 bits per heavy atom. The van der Waals surface area contributed by atoms with Crippen LogP contribution in [0.1, 0.15) is 32.6 Å². The average molecular weight is 133 g/mol. The second-order valence-corrected chi connectivity index (χ2v) is 1.78. The van der Waals surface area contributed by atoms with Crippen LogP contribution < -0.4 is 5.73 Å². The van der Waals surface area contributed by atoms with Crippen molar-refractivity contribution >= 4 is 0 Å². The van der Waals surface area contributed by atoms with Crippen LogP contribution in [0.25, 0.3) is 0 Å². The zero-order chi connectivity index (χ0) is 7.54. The molecule has 0 saturated carbocycles. The first-order valence-electron chi connectivity index (χ1n) is 3.60. The highest BCUT2D eigenvalue weighted by molar-refractivity contribution is 4.35. The zero-order valence-electron chi connectivity index (χ0n) is 6.56. The lowest BCUT2D eigenvalue weighted by Crippen LogP contribution is -1.80. The molecule has 0 aromatic heterocycles. The van der Waals surface area contributed by atoms with E-state index in [1.54, 1.807) is 0 Å². The minimum atomic E-state index is 0.361. The van der Waals surface area contributed by atoms with E-state index in [9.17, 15) is 0 Å². The summed E-state index contributed by atoms with van der Waals surface area (Å²) in [5.41, 5.74) is 4.50. The Morgan fingerprint density at radius 3 is 2.00 bits per heavy atom. The molecule has 2 heteroatoms. The van der Waals surface area contributed by atoms with E-state index in [0.29, 0.717) is 6.61 Å². The fourth-order valence-corrected chi connectivity index (χ4v) is 0.539. The van der Waals surface area contributed by atoms with Crippen molar-refractivity contribution in [3.8, 4) is 0 Å². The largest absolute Gasteiger partial charge is 0.396 e. The standard InChI is InChI=1S/C6H14O.CH5N/c1-2-3-4-5-6-7;1-2/h7H,2-6H2,1H3;2H2,1H3. The Kier molecular flexibility index (Phi) is 20.3. The van der Waals surface area contributed by atoms with Gasteiger partial charge in [-0.1, -0.05) is 26.2 Å². The van der Waals surface area contributed by atoms with E-state index in [1.165, 1.54) is 26.3 Å². The second-order valence-electron chi connectivity index (χ2n) is 1.78. The smallest absolute Gasteiger partial charge is 0.0431 e. The maximum Gasteiger partial charge on any atom is 0.0431 e. The van der Waals surface area contributed by atoms with Gasteiger partial charge >= 0.3 is 0 Å². The maximum atomic E-state index is 8.29. The molecule has 0 fully saturated rings. The minimum absolute atomic E-state index is 0.361. The van der Waals surface area contributed by atoms with Gasteiger partial charge in [0, 0.05) is 6.61 Å². The lowest BCUT2D eigenvalue weighted by Gasteiger charge is -1.90. The molecule has 0 aromatic rings. The normalized spacial score (nSPS) is 8.00. The number of hydrogen-bond donors (Lipinski definition) is 2. The summed E-state index contributed by atoms with van der Waals surface area (Å²) in [6.07, 6.45) is 4.68. The van der Waals surface area contributed by atoms with Crippen molar-refractivity contribution in [2.24, 2.45) is 5.73 Å². The van der Waals surface area contributed by atoms with Crippen molar-refractivity contribution in [1.29, 1.82) is 0 Å². The van der Waals surface area contributed by atoms with Crippen LogP contribution >= 0.6 is 0 Å². The molecule has 58 valence electrons. The van der Waals surface area contributed by atoms with Gasteiger partial charge in [-0.05, 0) is 13.5 Å². The van der Waals surface area contributed by atoms with Gasteiger partial charge in [-0.3, -0.25) is 0 Å². The molecule has 0 aliphatic rings. The second kappa shape index (κ2) is 15.7. The van der Waals surface area contributed by atoms with Crippen LogP contribution in [-0.4, -0.2) is 18.8 Å². The molecule has 0 aliphatic carbocycles. The molecule has 0 unspecified atom stereocenters. The molecule has 0 heterocycles. The summed E-state index contributed by atoms with van der Waals surface area (Å²) < 4.78 is 0. The number of rotatable bonds is 4. The van der Waals surface area contributed by atoms with E-state index in [0.717, 1.165) is 6.42 Å². The van der Waals surface area contributed by atoms with Crippen molar-refractivity contribution < 1.29 is 5.11 Å². The van der Waals surface area contributed by atoms with Gasteiger partial charge in [-0.15, -0.1) is 0 Å². The molecule has 0 aromatic carbocycles. The van der Waals surface area contributed by atoms with Crippen LogP contribution in [0, 0.1) is 0 Å². The summed E-state index contributed by atoms with van der Waals surface area (Å²) in [5, 5.41) is 8.29. The third-order valence-electron chi connectivity index (χ3n) is 1.01. The highest BCUT2D eigenvalue weighted by atomic mass is 16.2. The summed E-state index contributed by atoms with van der Waals surface area (Å²) in [7, 11) is 1.50. The molecular weight excluding hydrogens is 114 g/mol. The van der Waals surface area contributed by atoms with Crippen LogP contribution in [0.2, 0.25) is 0 Å². The molecule has 0 saturated heterocycles. The molecule has 0 bridgehead atoms. The van der Waals surface area contributed by atoms with Gasteiger partial charge in [0.1, 0.15) is 0 Å². The fourth-order valence-electron chi connectivity index (χ4n) is 0.539. The van der Waals surface area contributed by atoms with Crippen LogP contribution in [0.15, 0.2) is 0 Å². The number of unbranched alkanes of at least 4 members (excludes halogenated alkanes) is 3. The predicted octanol–water partition coefficient (Wildman–Crippen LogP) is 1.13. The molecule has 0 radical (unpaired) electrons. The van der Waals surface area contributed by atoms with Crippen molar-refractivity contribution in [2.75, 3.05) is 13.7 Å². The number of hydrogen-bond acceptors (Lipinski definition) is 2. The minimum Gasteiger partial charge on any atom is -0.396 e. The highest BCUT2D eigenvalue weighted by Gasteiger charge is 1.80. The van der Waals surface area contributed by atoms with Crippen molar-refractivity contribution in [3.63, 3.8) is 0 Å². The van der Waals surface area contributed by atoms with Crippen molar-refractivity contribution in [3.05, 3.63) is 0 Å². The van der Waals surface area contributed by atoms with Gasteiger partial charge in [-0.2, -0.15) is 0 Å². The summed E-state index contributed by atoms with van der Waals surface area (Å²) in [6.45, 7) is 2.53. The monoisotopic (exact) mass is 133 g/mol. The van der Waals surface area contributed by atoms with Crippen LogP contribution in [-0.2, 0) is 0 Å². The lowest BCUT2D eigenvalue weighted by atomic mass is 10.2. The Labute approximate surface area is 58.1 Å². The Morgan fingerprint density at radius 2 is 1.67 bits per heavy atom. The first-order chi connectivity index (χ1) is 4.41. The molecule has 9 heavy (non-hydrogen) atoms. The number of aliphatic hydroxyl groups excluding tert-OH is 1. The van der Waals surface area contributed by atoms with Gasteiger partial charge in [0.15, 0.2) is 0 Å². The van der Waals surface area contributed by atoms with E-state index in [-0.39, 0.29) is 0 Å². The van der Waals surface area contributed by atoms with E-state index in [2.05, 4.69) is 12.7 Å². The molecule has 0 rings (SSSR count). The molecule has 2 nitrogen and oxygen atoms in total. The highest BCUT2D eigenvalue weighted by Crippen LogP contribution is 1.95. The SMILES string of the molecule is CCCCCCO.CN.